The third kappa shape index (κ3) is 1.86. The Morgan fingerprint density at radius 2 is 1.88 bits per heavy atom. The quantitative estimate of drug-likeness (QED) is 0.888. The molecule has 4 heteroatoms. The molecule has 0 saturated heterocycles. The van der Waals surface area contributed by atoms with Gasteiger partial charge in [-0.3, -0.25) is 0 Å². The van der Waals surface area contributed by atoms with Crippen LogP contribution in [0.5, 0.6) is 11.5 Å². The van der Waals surface area contributed by atoms with E-state index in [1.54, 1.807) is 25.6 Å². The molecule has 0 bridgehead atoms. The van der Waals surface area contributed by atoms with Crippen LogP contribution in [0.3, 0.4) is 0 Å². The molecular weight excluding hydrogens is 222 g/mol. The van der Waals surface area contributed by atoms with Crippen LogP contribution >= 0.6 is 11.3 Å². The molecule has 0 unspecified atom stereocenters. The molecule has 86 valence electrons. The van der Waals surface area contributed by atoms with Gasteiger partial charge in [0.2, 0.25) is 0 Å². The van der Waals surface area contributed by atoms with E-state index < -0.39 is 0 Å². The summed E-state index contributed by atoms with van der Waals surface area (Å²) in [5.41, 5.74) is 6.87. The molecule has 0 saturated carbocycles. The Morgan fingerprint density at radius 3 is 2.50 bits per heavy atom. The predicted molar refractivity (Wildman–Crippen MR) is 67.7 cm³/mol. The van der Waals surface area contributed by atoms with E-state index in [4.69, 9.17) is 15.2 Å². The molecule has 2 aromatic rings. The number of fused-ring (bicyclic) bond motifs is 1. The third-order valence-corrected chi connectivity index (χ3v) is 3.57. The van der Waals surface area contributed by atoms with Gasteiger partial charge in [0.15, 0.2) is 11.5 Å². The van der Waals surface area contributed by atoms with E-state index in [1.807, 2.05) is 12.1 Å². The first-order valence-corrected chi connectivity index (χ1v) is 6.00. The van der Waals surface area contributed by atoms with Gasteiger partial charge in [-0.2, -0.15) is 0 Å². The summed E-state index contributed by atoms with van der Waals surface area (Å²) < 4.78 is 11.8. The van der Waals surface area contributed by atoms with Crippen molar-refractivity contribution < 1.29 is 9.47 Å². The van der Waals surface area contributed by atoms with Crippen LogP contribution in [-0.4, -0.2) is 20.8 Å². The van der Waals surface area contributed by atoms with Crippen LogP contribution in [-0.2, 0) is 6.42 Å². The van der Waals surface area contributed by atoms with E-state index in [0.29, 0.717) is 6.54 Å². The van der Waals surface area contributed by atoms with Crippen molar-refractivity contribution in [1.29, 1.82) is 0 Å². The van der Waals surface area contributed by atoms with Crippen LogP contribution in [0.1, 0.15) is 5.56 Å². The van der Waals surface area contributed by atoms with Gasteiger partial charge in [-0.1, -0.05) is 0 Å². The topological polar surface area (TPSA) is 44.5 Å². The smallest absolute Gasteiger partial charge is 0.162 e. The molecule has 0 atom stereocenters. The van der Waals surface area contributed by atoms with E-state index in [1.165, 1.54) is 15.6 Å². The van der Waals surface area contributed by atoms with Gasteiger partial charge in [-0.15, -0.1) is 11.3 Å². The van der Waals surface area contributed by atoms with Gasteiger partial charge in [0.1, 0.15) is 0 Å². The molecule has 3 nitrogen and oxygen atoms in total. The van der Waals surface area contributed by atoms with Crippen molar-refractivity contribution in [2.24, 2.45) is 5.73 Å². The summed E-state index contributed by atoms with van der Waals surface area (Å²) >= 11 is 1.71. The van der Waals surface area contributed by atoms with Crippen LogP contribution in [0.25, 0.3) is 10.1 Å². The third-order valence-electron chi connectivity index (χ3n) is 2.57. The lowest BCUT2D eigenvalue weighted by Crippen LogP contribution is -2.01. The Hall–Kier alpha value is -1.26. The molecule has 0 spiro atoms. The van der Waals surface area contributed by atoms with Crippen LogP contribution in [0.2, 0.25) is 0 Å². The molecule has 0 radical (unpaired) electrons. The summed E-state index contributed by atoms with van der Waals surface area (Å²) in [4.78, 5) is 0. The Labute approximate surface area is 98.8 Å². The van der Waals surface area contributed by atoms with Crippen molar-refractivity contribution in [2.75, 3.05) is 20.8 Å². The maximum Gasteiger partial charge on any atom is 0.162 e. The normalized spacial score (nSPS) is 10.7. The van der Waals surface area contributed by atoms with Crippen molar-refractivity contribution >= 4 is 21.4 Å². The highest BCUT2D eigenvalue weighted by atomic mass is 32.1. The highest BCUT2D eigenvalue weighted by molar-refractivity contribution is 7.17. The minimum absolute atomic E-state index is 0.667. The molecule has 1 aromatic heterocycles. The van der Waals surface area contributed by atoms with E-state index >= 15 is 0 Å². The number of ether oxygens (including phenoxy) is 2. The lowest BCUT2D eigenvalue weighted by Gasteiger charge is -2.07. The number of methoxy groups -OCH3 is 2. The van der Waals surface area contributed by atoms with Crippen LogP contribution in [0.4, 0.5) is 0 Å². The molecule has 2 N–H and O–H groups in total. The minimum Gasteiger partial charge on any atom is -0.493 e. The van der Waals surface area contributed by atoms with Crippen LogP contribution in [0.15, 0.2) is 17.5 Å². The first kappa shape index (κ1) is 11.2. The van der Waals surface area contributed by atoms with Gasteiger partial charge in [-0.05, 0) is 35.4 Å². The van der Waals surface area contributed by atoms with E-state index in [9.17, 15) is 0 Å². The first-order valence-electron chi connectivity index (χ1n) is 5.12. The Balaban J connectivity index is 2.57. The Bertz CT molecular complexity index is 493. The SMILES string of the molecule is COc1cc2scc(CCN)c2cc1OC. The largest absolute Gasteiger partial charge is 0.493 e. The average Bonchev–Trinajstić information content (AvgIpc) is 2.70. The van der Waals surface area contributed by atoms with Crippen molar-refractivity contribution in [3.63, 3.8) is 0 Å². The monoisotopic (exact) mass is 237 g/mol. The summed E-state index contributed by atoms with van der Waals surface area (Å²) in [5.74, 6) is 1.54. The first-order chi connectivity index (χ1) is 7.80. The Morgan fingerprint density at radius 1 is 1.19 bits per heavy atom. The Kier molecular flexibility index (Phi) is 3.31. The molecule has 2 rings (SSSR count). The molecule has 0 aliphatic carbocycles. The zero-order valence-electron chi connectivity index (χ0n) is 9.45. The summed E-state index contributed by atoms with van der Waals surface area (Å²) in [5, 5.41) is 3.37. The second kappa shape index (κ2) is 4.72. The maximum absolute atomic E-state index is 5.59. The summed E-state index contributed by atoms with van der Waals surface area (Å²) in [6.07, 6.45) is 0.898. The molecule has 16 heavy (non-hydrogen) atoms. The van der Waals surface area contributed by atoms with E-state index in [0.717, 1.165) is 17.9 Å². The van der Waals surface area contributed by atoms with E-state index in [-0.39, 0.29) is 0 Å². The average molecular weight is 237 g/mol. The zero-order chi connectivity index (χ0) is 11.5. The lowest BCUT2D eigenvalue weighted by atomic mass is 10.1. The molecule has 0 aliphatic rings. The number of hydrogen-bond acceptors (Lipinski definition) is 4. The number of thiophene rings is 1. The highest BCUT2D eigenvalue weighted by Crippen LogP contribution is 2.36. The fourth-order valence-corrected chi connectivity index (χ4v) is 2.76. The number of hydrogen-bond donors (Lipinski definition) is 1. The summed E-state index contributed by atoms with van der Waals surface area (Å²) in [6, 6.07) is 4.04. The van der Waals surface area contributed by atoms with Gasteiger partial charge in [0.05, 0.1) is 14.2 Å². The standard InChI is InChI=1S/C12H15NO2S/c1-14-10-5-9-8(3-4-13)7-16-12(9)6-11(10)15-2/h5-7H,3-4,13H2,1-2H3. The maximum atomic E-state index is 5.59. The van der Waals surface area contributed by atoms with Gasteiger partial charge in [0, 0.05) is 10.8 Å². The van der Waals surface area contributed by atoms with Crippen molar-refractivity contribution in [3.8, 4) is 11.5 Å². The fourth-order valence-electron chi connectivity index (χ4n) is 1.76. The molecular formula is C12H15NO2S. The lowest BCUT2D eigenvalue weighted by molar-refractivity contribution is 0.356. The van der Waals surface area contributed by atoms with Gasteiger partial charge in [0.25, 0.3) is 0 Å². The van der Waals surface area contributed by atoms with Crippen LogP contribution < -0.4 is 15.2 Å². The molecule has 0 amide bonds. The minimum atomic E-state index is 0.667. The number of rotatable bonds is 4. The van der Waals surface area contributed by atoms with Crippen molar-refractivity contribution in [2.45, 2.75) is 6.42 Å². The van der Waals surface area contributed by atoms with Crippen molar-refractivity contribution in [3.05, 3.63) is 23.1 Å². The molecule has 0 aliphatic heterocycles. The van der Waals surface area contributed by atoms with Crippen LogP contribution in [0, 0.1) is 0 Å². The van der Waals surface area contributed by atoms with Gasteiger partial charge >= 0.3 is 0 Å². The zero-order valence-corrected chi connectivity index (χ0v) is 10.3. The molecule has 0 fully saturated rings. The highest BCUT2D eigenvalue weighted by Gasteiger charge is 2.10. The van der Waals surface area contributed by atoms with Gasteiger partial charge in [-0.25, -0.2) is 0 Å². The van der Waals surface area contributed by atoms with Crippen molar-refractivity contribution in [1.82, 2.24) is 0 Å². The fraction of sp³-hybridized carbons (Fsp3) is 0.333. The predicted octanol–water partition coefficient (Wildman–Crippen LogP) is 2.42. The number of benzene rings is 1. The van der Waals surface area contributed by atoms with Gasteiger partial charge < -0.3 is 15.2 Å². The molecule has 1 aromatic carbocycles. The second-order valence-corrected chi connectivity index (χ2v) is 4.41. The summed E-state index contributed by atoms with van der Waals surface area (Å²) in [6.45, 7) is 0.667. The molecule has 1 heterocycles. The second-order valence-electron chi connectivity index (χ2n) is 3.50. The number of nitrogens with two attached hydrogens (primary N) is 1. The van der Waals surface area contributed by atoms with E-state index in [2.05, 4.69) is 5.38 Å². The summed E-state index contributed by atoms with van der Waals surface area (Å²) in [7, 11) is 3.30.